The van der Waals surface area contributed by atoms with Crippen LogP contribution in [-0.2, 0) is 0 Å². The molecule has 5 heteroatoms. The van der Waals surface area contributed by atoms with Crippen LogP contribution in [0.15, 0.2) is 23.4 Å². The number of rotatable bonds is 5. The lowest BCUT2D eigenvalue weighted by Crippen LogP contribution is -2.30. The van der Waals surface area contributed by atoms with E-state index in [1.807, 2.05) is 12.1 Å². The van der Waals surface area contributed by atoms with Gasteiger partial charge in [0.1, 0.15) is 0 Å². The van der Waals surface area contributed by atoms with Crippen LogP contribution < -0.4 is 10.6 Å². The van der Waals surface area contributed by atoms with E-state index in [1.54, 1.807) is 6.07 Å². The molecule has 2 fully saturated rings. The largest absolute Gasteiger partial charge is 0.409 e. The Kier molecular flexibility index (Phi) is 3.27. The molecule has 2 aliphatic rings. The number of anilines is 1. The first-order valence-corrected chi connectivity index (χ1v) is 7.11. The van der Waals surface area contributed by atoms with Gasteiger partial charge in [0.15, 0.2) is 5.84 Å². The van der Waals surface area contributed by atoms with Crippen LogP contribution in [-0.4, -0.2) is 23.6 Å². The normalized spacial score (nSPS) is 19.5. The van der Waals surface area contributed by atoms with E-state index in [2.05, 4.69) is 10.1 Å². The highest BCUT2D eigenvalue weighted by atomic mass is 35.5. The van der Waals surface area contributed by atoms with Crippen LogP contribution >= 0.6 is 11.6 Å². The van der Waals surface area contributed by atoms with E-state index in [1.165, 1.54) is 25.7 Å². The molecule has 0 spiro atoms. The fraction of sp³-hybridized carbons (Fsp3) is 0.500. The summed E-state index contributed by atoms with van der Waals surface area (Å²) < 4.78 is 0. The average molecular weight is 280 g/mol. The first-order chi connectivity index (χ1) is 9.19. The smallest absolute Gasteiger partial charge is 0.172 e. The lowest BCUT2D eigenvalue weighted by Gasteiger charge is -2.27. The van der Waals surface area contributed by atoms with Crippen molar-refractivity contribution in [3.8, 4) is 0 Å². The van der Waals surface area contributed by atoms with E-state index >= 15 is 0 Å². The molecule has 19 heavy (non-hydrogen) atoms. The summed E-state index contributed by atoms with van der Waals surface area (Å²) in [7, 11) is 0. The number of hydrogen-bond donors (Lipinski definition) is 2. The van der Waals surface area contributed by atoms with Crippen molar-refractivity contribution in [2.75, 3.05) is 11.4 Å². The fourth-order valence-corrected chi connectivity index (χ4v) is 2.60. The zero-order valence-corrected chi connectivity index (χ0v) is 11.5. The summed E-state index contributed by atoms with van der Waals surface area (Å²) in [5, 5.41) is 12.7. The van der Waals surface area contributed by atoms with Crippen LogP contribution in [0, 0.1) is 5.92 Å². The summed E-state index contributed by atoms with van der Waals surface area (Å²) in [5.41, 5.74) is 7.54. The minimum Gasteiger partial charge on any atom is -0.409 e. The molecular formula is C14H18ClN3O. The number of halogens is 1. The molecule has 2 aliphatic carbocycles. The minimum atomic E-state index is 0.124. The van der Waals surface area contributed by atoms with Gasteiger partial charge in [-0.3, -0.25) is 0 Å². The molecule has 3 rings (SSSR count). The number of hydrogen-bond acceptors (Lipinski definition) is 3. The molecule has 0 unspecified atom stereocenters. The fourth-order valence-electron chi connectivity index (χ4n) is 2.43. The minimum absolute atomic E-state index is 0.124. The van der Waals surface area contributed by atoms with E-state index in [0.29, 0.717) is 11.1 Å². The molecule has 1 aromatic carbocycles. The van der Waals surface area contributed by atoms with Crippen LogP contribution in [0.4, 0.5) is 5.69 Å². The highest BCUT2D eigenvalue weighted by molar-refractivity contribution is 6.31. The number of oxime groups is 1. The molecule has 0 heterocycles. The molecule has 4 nitrogen and oxygen atoms in total. The predicted molar refractivity (Wildman–Crippen MR) is 77.1 cm³/mol. The molecule has 0 amide bonds. The molecule has 102 valence electrons. The van der Waals surface area contributed by atoms with E-state index in [4.69, 9.17) is 22.5 Å². The second kappa shape index (κ2) is 4.93. The molecule has 0 saturated heterocycles. The molecule has 0 atom stereocenters. The molecule has 0 aromatic heterocycles. The van der Waals surface area contributed by atoms with Gasteiger partial charge in [0, 0.05) is 28.9 Å². The number of benzene rings is 1. The third-order valence-electron chi connectivity index (χ3n) is 3.79. The van der Waals surface area contributed by atoms with Gasteiger partial charge in [-0.25, -0.2) is 0 Å². The van der Waals surface area contributed by atoms with Crippen LogP contribution in [0.2, 0.25) is 5.02 Å². The van der Waals surface area contributed by atoms with Gasteiger partial charge >= 0.3 is 0 Å². The molecule has 0 radical (unpaired) electrons. The Hall–Kier alpha value is -1.42. The maximum absolute atomic E-state index is 8.94. The summed E-state index contributed by atoms with van der Waals surface area (Å²) in [4.78, 5) is 2.40. The SMILES string of the molecule is NC(=NO)c1cc(Cl)ccc1N(CC1CC1)C1CC1. The summed E-state index contributed by atoms with van der Waals surface area (Å²) in [5.74, 6) is 0.926. The van der Waals surface area contributed by atoms with Crippen molar-refractivity contribution in [1.29, 1.82) is 0 Å². The van der Waals surface area contributed by atoms with E-state index < -0.39 is 0 Å². The van der Waals surface area contributed by atoms with Crippen molar-refractivity contribution in [1.82, 2.24) is 0 Å². The Balaban J connectivity index is 1.96. The summed E-state index contributed by atoms with van der Waals surface area (Å²) in [6.45, 7) is 1.07. The number of nitrogens with two attached hydrogens (primary N) is 1. The monoisotopic (exact) mass is 279 g/mol. The van der Waals surface area contributed by atoms with Crippen LogP contribution in [0.1, 0.15) is 31.2 Å². The maximum atomic E-state index is 8.94. The van der Waals surface area contributed by atoms with Crippen molar-refractivity contribution in [2.45, 2.75) is 31.7 Å². The first kappa shape index (κ1) is 12.6. The maximum Gasteiger partial charge on any atom is 0.172 e. The third-order valence-corrected chi connectivity index (χ3v) is 4.03. The van der Waals surface area contributed by atoms with Gasteiger partial charge in [0.25, 0.3) is 0 Å². The Labute approximate surface area is 117 Å². The number of amidine groups is 1. The topological polar surface area (TPSA) is 61.9 Å². The van der Waals surface area contributed by atoms with Crippen molar-refractivity contribution in [3.63, 3.8) is 0 Å². The Morgan fingerprint density at radius 2 is 2.11 bits per heavy atom. The van der Waals surface area contributed by atoms with Gasteiger partial charge in [-0.2, -0.15) is 0 Å². The zero-order chi connectivity index (χ0) is 13.4. The lowest BCUT2D eigenvalue weighted by molar-refractivity contribution is 0.318. The van der Waals surface area contributed by atoms with Crippen LogP contribution in [0.3, 0.4) is 0 Å². The average Bonchev–Trinajstić information content (AvgIpc) is 3.27. The van der Waals surface area contributed by atoms with E-state index in [9.17, 15) is 0 Å². The van der Waals surface area contributed by atoms with Crippen molar-refractivity contribution >= 4 is 23.1 Å². The van der Waals surface area contributed by atoms with Crippen LogP contribution in [0.5, 0.6) is 0 Å². The third kappa shape index (κ3) is 2.78. The van der Waals surface area contributed by atoms with Crippen LogP contribution in [0.25, 0.3) is 0 Å². The van der Waals surface area contributed by atoms with E-state index in [-0.39, 0.29) is 5.84 Å². The summed E-state index contributed by atoms with van der Waals surface area (Å²) >= 11 is 6.03. The molecular weight excluding hydrogens is 262 g/mol. The summed E-state index contributed by atoms with van der Waals surface area (Å²) in [6.07, 6.45) is 5.08. The highest BCUT2D eigenvalue weighted by Gasteiger charge is 2.35. The van der Waals surface area contributed by atoms with Crippen molar-refractivity contribution in [3.05, 3.63) is 28.8 Å². The Morgan fingerprint density at radius 3 is 2.68 bits per heavy atom. The Morgan fingerprint density at radius 1 is 1.37 bits per heavy atom. The molecule has 0 bridgehead atoms. The summed E-state index contributed by atoms with van der Waals surface area (Å²) in [6, 6.07) is 6.23. The highest BCUT2D eigenvalue weighted by Crippen LogP contribution is 2.39. The molecule has 3 N–H and O–H groups in total. The Bertz CT molecular complexity index is 509. The van der Waals surface area contributed by atoms with Gasteiger partial charge in [-0.15, -0.1) is 0 Å². The second-order valence-corrected chi connectivity index (χ2v) is 5.91. The molecule has 2 saturated carbocycles. The van der Waals surface area contributed by atoms with Crippen molar-refractivity contribution < 1.29 is 5.21 Å². The van der Waals surface area contributed by atoms with Crippen molar-refractivity contribution in [2.24, 2.45) is 16.8 Å². The molecule has 1 aromatic rings. The molecule has 0 aliphatic heterocycles. The van der Waals surface area contributed by atoms with Gasteiger partial charge in [0.05, 0.1) is 0 Å². The van der Waals surface area contributed by atoms with Gasteiger partial charge < -0.3 is 15.8 Å². The number of nitrogens with zero attached hydrogens (tertiary/aromatic N) is 2. The quantitative estimate of drug-likeness (QED) is 0.377. The van der Waals surface area contributed by atoms with E-state index in [0.717, 1.165) is 23.7 Å². The first-order valence-electron chi connectivity index (χ1n) is 6.73. The zero-order valence-electron chi connectivity index (χ0n) is 10.7. The van der Waals surface area contributed by atoms with Gasteiger partial charge in [-0.1, -0.05) is 16.8 Å². The lowest BCUT2D eigenvalue weighted by atomic mass is 10.1. The van der Waals surface area contributed by atoms with Gasteiger partial charge in [0.2, 0.25) is 0 Å². The second-order valence-electron chi connectivity index (χ2n) is 5.47. The standard InChI is InChI=1S/C14H18ClN3O/c15-10-3-6-13(12(7-10)14(16)17-19)18(11-4-5-11)8-9-1-2-9/h3,6-7,9,11,19H,1-2,4-5,8H2,(H2,16,17). The predicted octanol–water partition coefficient (Wildman–Crippen LogP) is 2.81. The van der Waals surface area contributed by atoms with Gasteiger partial charge in [-0.05, 0) is 49.8 Å².